The Kier molecular flexibility index (Phi) is 22.4. The molecule has 0 fully saturated rings. The number of carbonyl (C=O) groups excluding carboxylic acids is 3. The number of nitrogens with two attached hydrogens (primary N) is 1. The molecular formula is C33H58N4O4S2. The molecule has 0 bridgehead atoms. The lowest BCUT2D eigenvalue weighted by Crippen LogP contribution is -2.58. The standard InChI is InChI=1S/C33H58N4O4S2/c1-5-7-8-9-10-11-12-16-20-41-33(40)28(19-21-43-4)36-31(38)29(22-26-17-14-13-15-18-26)37-32(39)30(25(3)6-2)35-23-27(34)24-42/h13-15,17-18,25,27-30,35,42H,5-12,16,19-24,34H2,1-4H3,(H,36,38)(H,37,39)/t25?,27-,28+,29+,30+/m1/s1. The van der Waals surface area contributed by atoms with E-state index < -0.39 is 30.0 Å². The first-order valence-electron chi connectivity index (χ1n) is 16.2. The van der Waals surface area contributed by atoms with Crippen molar-refractivity contribution in [2.45, 2.75) is 116 Å². The second kappa shape index (κ2) is 24.6. The predicted molar refractivity (Wildman–Crippen MR) is 184 cm³/mol. The van der Waals surface area contributed by atoms with Gasteiger partial charge < -0.3 is 26.4 Å². The van der Waals surface area contributed by atoms with E-state index in [1.807, 2.05) is 50.4 Å². The molecular weight excluding hydrogens is 581 g/mol. The van der Waals surface area contributed by atoms with E-state index >= 15 is 0 Å². The third-order valence-corrected chi connectivity index (χ3v) is 8.81. The first kappa shape index (κ1) is 39.3. The zero-order chi connectivity index (χ0) is 31.9. The van der Waals surface area contributed by atoms with Gasteiger partial charge in [0, 0.05) is 24.8 Å². The van der Waals surface area contributed by atoms with Crippen LogP contribution in [-0.2, 0) is 25.5 Å². The van der Waals surface area contributed by atoms with Crippen molar-refractivity contribution < 1.29 is 19.1 Å². The summed E-state index contributed by atoms with van der Waals surface area (Å²) in [5.41, 5.74) is 6.95. The molecule has 1 rings (SSSR count). The molecule has 43 heavy (non-hydrogen) atoms. The molecule has 246 valence electrons. The first-order chi connectivity index (χ1) is 20.8. The van der Waals surface area contributed by atoms with Crippen LogP contribution < -0.4 is 21.7 Å². The molecule has 5 N–H and O–H groups in total. The SMILES string of the molecule is CCCCCCCCCCOC(=O)[C@H](CCSC)NC(=O)[C@H](Cc1ccccc1)NC(=O)[C@@H](NC[C@@H](N)CS)C(C)CC. The Hall–Kier alpha value is -1.75. The van der Waals surface area contributed by atoms with Gasteiger partial charge in [-0.05, 0) is 36.3 Å². The second-order valence-corrected chi connectivity index (χ2v) is 12.8. The van der Waals surface area contributed by atoms with E-state index in [0.717, 1.165) is 31.2 Å². The van der Waals surface area contributed by atoms with Crippen LogP contribution in [0, 0.1) is 5.92 Å². The zero-order valence-electron chi connectivity index (χ0n) is 26.9. The van der Waals surface area contributed by atoms with E-state index in [1.54, 1.807) is 11.8 Å². The van der Waals surface area contributed by atoms with Gasteiger partial charge in [-0.1, -0.05) is 102 Å². The van der Waals surface area contributed by atoms with E-state index in [4.69, 9.17) is 10.5 Å². The summed E-state index contributed by atoms with van der Waals surface area (Å²) in [6, 6.07) is 7.20. The molecule has 0 aliphatic rings. The highest BCUT2D eigenvalue weighted by Gasteiger charge is 2.31. The summed E-state index contributed by atoms with van der Waals surface area (Å²) < 4.78 is 5.60. The summed E-state index contributed by atoms with van der Waals surface area (Å²) in [7, 11) is 0. The third kappa shape index (κ3) is 17.4. The Balaban J connectivity index is 2.90. The van der Waals surface area contributed by atoms with Gasteiger partial charge in [0.2, 0.25) is 11.8 Å². The number of rotatable bonds is 25. The van der Waals surface area contributed by atoms with Gasteiger partial charge in [0.25, 0.3) is 0 Å². The van der Waals surface area contributed by atoms with E-state index in [0.29, 0.717) is 37.5 Å². The number of nitrogens with one attached hydrogen (secondary N) is 3. The van der Waals surface area contributed by atoms with Gasteiger partial charge >= 0.3 is 5.97 Å². The maximum atomic E-state index is 13.7. The van der Waals surface area contributed by atoms with Crippen molar-refractivity contribution in [3.05, 3.63) is 35.9 Å². The molecule has 0 aliphatic carbocycles. The highest BCUT2D eigenvalue weighted by molar-refractivity contribution is 7.98. The van der Waals surface area contributed by atoms with Crippen LogP contribution in [0.4, 0.5) is 0 Å². The number of ether oxygens (including phenoxy) is 1. The van der Waals surface area contributed by atoms with E-state index in [1.165, 1.54) is 32.1 Å². The quantitative estimate of drug-likeness (QED) is 0.0587. The van der Waals surface area contributed by atoms with Crippen LogP contribution in [-0.4, -0.2) is 72.9 Å². The molecule has 8 nitrogen and oxygen atoms in total. The second-order valence-electron chi connectivity index (χ2n) is 11.5. The number of carbonyl (C=O) groups is 3. The van der Waals surface area contributed by atoms with Crippen LogP contribution in [0.2, 0.25) is 0 Å². The van der Waals surface area contributed by atoms with Crippen molar-refractivity contribution in [1.29, 1.82) is 0 Å². The maximum Gasteiger partial charge on any atom is 0.328 e. The molecule has 0 radical (unpaired) electrons. The fourth-order valence-corrected chi connectivity index (χ4v) is 5.32. The summed E-state index contributed by atoms with van der Waals surface area (Å²) in [6.45, 7) is 7.02. The molecule has 1 aromatic carbocycles. The van der Waals surface area contributed by atoms with Crippen LogP contribution in [0.1, 0.15) is 90.5 Å². The smallest absolute Gasteiger partial charge is 0.328 e. The summed E-state index contributed by atoms with van der Waals surface area (Å²) >= 11 is 5.85. The lowest BCUT2D eigenvalue weighted by molar-refractivity contribution is -0.148. The van der Waals surface area contributed by atoms with Crippen molar-refractivity contribution in [1.82, 2.24) is 16.0 Å². The monoisotopic (exact) mass is 638 g/mol. The Morgan fingerprint density at radius 1 is 0.930 bits per heavy atom. The van der Waals surface area contributed by atoms with E-state index in [2.05, 4.69) is 35.5 Å². The molecule has 0 aromatic heterocycles. The van der Waals surface area contributed by atoms with Crippen molar-refractivity contribution in [3.63, 3.8) is 0 Å². The van der Waals surface area contributed by atoms with Gasteiger partial charge in [-0.3, -0.25) is 9.59 Å². The summed E-state index contributed by atoms with van der Waals surface area (Å²) in [5.74, 6) is 0.118. The minimum Gasteiger partial charge on any atom is -0.464 e. The van der Waals surface area contributed by atoms with Crippen LogP contribution in [0.5, 0.6) is 0 Å². The molecule has 1 aromatic rings. The van der Waals surface area contributed by atoms with E-state index in [-0.39, 0.29) is 17.9 Å². The summed E-state index contributed by atoms with van der Waals surface area (Å²) in [5, 5.41) is 9.16. The van der Waals surface area contributed by atoms with Crippen molar-refractivity contribution >= 4 is 42.2 Å². The minimum atomic E-state index is -0.862. The number of benzene rings is 1. The molecule has 0 saturated heterocycles. The minimum absolute atomic E-state index is 0.0215. The molecule has 5 atom stereocenters. The van der Waals surface area contributed by atoms with Gasteiger partial charge in [-0.25, -0.2) is 4.79 Å². The number of thioether (sulfide) groups is 1. The maximum absolute atomic E-state index is 13.7. The summed E-state index contributed by atoms with van der Waals surface area (Å²) in [4.78, 5) is 40.2. The Bertz CT molecular complexity index is 893. The van der Waals surface area contributed by atoms with Gasteiger partial charge in [0.05, 0.1) is 12.6 Å². The summed E-state index contributed by atoms with van der Waals surface area (Å²) in [6.07, 6.45) is 12.8. The van der Waals surface area contributed by atoms with Gasteiger partial charge in [-0.15, -0.1) is 0 Å². The molecule has 0 heterocycles. The predicted octanol–water partition coefficient (Wildman–Crippen LogP) is 4.90. The number of esters is 1. The van der Waals surface area contributed by atoms with Crippen molar-refractivity contribution in [3.8, 4) is 0 Å². The Labute approximate surface area is 270 Å². The van der Waals surface area contributed by atoms with Crippen LogP contribution in [0.25, 0.3) is 0 Å². The Morgan fingerprint density at radius 2 is 1.56 bits per heavy atom. The number of hydrogen-bond acceptors (Lipinski definition) is 8. The van der Waals surface area contributed by atoms with Crippen LogP contribution in [0.3, 0.4) is 0 Å². The lowest BCUT2D eigenvalue weighted by Gasteiger charge is -2.28. The number of hydrogen-bond donors (Lipinski definition) is 5. The van der Waals surface area contributed by atoms with Gasteiger partial charge in [0.1, 0.15) is 12.1 Å². The average Bonchev–Trinajstić information content (AvgIpc) is 3.01. The van der Waals surface area contributed by atoms with Crippen molar-refractivity contribution in [2.24, 2.45) is 11.7 Å². The van der Waals surface area contributed by atoms with Crippen molar-refractivity contribution in [2.75, 3.05) is 30.9 Å². The highest BCUT2D eigenvalue weighted by atomic mass is 32.2. The molecule has 0 spiro atoms. The van der Waals surface area contributed by atoms with Gasteiger partial charge in [0.15, 0.2) is 0 Å². The van der Waals surface area contributed by atoms with Crippen LogP contribution >= 0.6 is 24.4 Å². The zero-order valence-corrected chi connectivity index (χ0v) is 28.7. The number of amides is 2. The number of unbranched alkanes of at least 4 members (excludes halogenated alkanes) is 7. The topological polar surface area (TPSA) is 123 Å². The Morgan fingerprint density at radius 3 is 2.16 bits per heavy atom. The highest BCUT2D eigenvalue weighted by Crippen LogP contribution is 2.12. The fraction of sp³-hybridized carbons (Fsp3) is 0.727. The van der Waals surface area contributed by atoms with Gasteiger partial charge in [-0.2, -0.15) is 24.4 Å². The molecule has 10 heteroatoms. The third-order valence-electron chi connectivity index (χ3n) is 7.70. The molecule has 2 amide bonds. The average molecular weight is 639 g/mol. The molecule has 0 saturated carbocycles. The fourth-order valence-electron chi connectivity index (χ4n) is 4.72. The molecule has 0 aliphatic heterocycles. The first-order valence-corrected chi connectivity index (χ1v) is 18.2. The molecule has 1 unspecified atom stereocenters. The van der Waals surface area contributed by atoms with E-state index in [9.17, 15) is 14.4 Å². The lowest BCUT2D eigenvalue weighted by atomic mass is 9.97. The van der Waals surface area contributed by atoms with Crippen LogP contribution in [0.15, 0.2) is 30.3 Å². The number of thiol groups is 1. The largest absolute Gasteiger partial charge is 0.464 e. The normalized spacial score (nSPS) is 14.7.